The molecule has 1 aliphatic carbocycles. The molecule has 0 fully saturated rings. The highest BCUT2D eigenvalue weighted by Gasteiger charge is 2.34. The van der Waals surface area contributed by atoms with E-state index in [4.69, 9.17) is 0 Å². The van der Waals surface area contributed by atoms with E-state index >= 15 is 0 Å². The molecule has 5 nitrogen and oxygen atoms in total. The summed E-state index contributed by atoms with van der Waals surface area (Å²) in [6.45, 7) is 1.02. The summed E-state index contributed by atoms with van der Waals surface area (Å²) in [7, 11) is 3.75. The summed E-state index contributed by atoms with van der Waals surface area (Å²) in [5, 5.41) is -0.0168. The topological polar surface area (TPSA) is 62.6 Å². The third kappa shape index (κ3) is 3.40. The van der Waals surface area contributed by atoms with Gasteiger partial charge in [0.1, 0.15) is 27.2 Å². The van der Waals surface area contributed by atoms with Crippen molar-refractivity contribution in [1.29, 1.82) is 0 Å². The lowest BCUT2D eigenvalue weighted by Gasteiger charge is -2.11. The molecular weight excluding hydrogens is 348 g/mol. The maximum absolute atomic E-state index is 13.9. The van der Waals surface area contributed by atoms with Crippen LogP contribution in [0.5, 0.6) is 0 Å². The lowest BCUT2D eigenvalue weighted by molar-refractivity contribution is 0.0966. The van der Waals surface area contributed by atoms with Crippen LogP contribution in [0.2, 0.25) is 0 Å². The first-order valence-corrected chi connectivity index (χ1v) is 8.41. The minimum absolute atomic E-state index is 0.0168. The number of halogens is 2. The van der Waals surface area contributed by atoms with E-state index in [-0.39, 0.29) is 39.1 Å². The van der Waals surface area contributed by atoms with Crippen molar-refractivity contribution in [2.45, 2.75) is 6.42 Å². The van der Waals surface area contributed by atoms with Crippen molar-refractivity contribution < 1.29 is 18.4 Å². The Morgan fingerprint density at radius 2 is 1.92 bits per heavy atom. The molecule has 0 spiro atoms. The molecule has 1 aromatic heterocycles. The molecule has 1 heterocycles. The van der Waals surface area contributed by atoms with E-state index in [2.05, 4.69) is 9.98 Å². The molecule has 0 bridgehead atoms. The molecule has 0 amide bonds. The first kappa shape index (κ1) is 17.5. The maximum atomic E-state index is 13.9. The Bertz CT molecular complexity index is 870. The molecule has 0 aliphatic heterocycles. The lowest BCUT2D eigenvalue weighted by Crippen LogP contribution is -2.27. The van der Waals surface area contributed by atoms with Crippen molar-refractivity contribution in [2.24, 2.45) is 4.99 Å². The molecule has 1 aromatic carbocycles. The normalized spacial score (nSPS) is 16.0. The fourth-order valence-corrected chi connectivity index (χ4v) is 3.48. The van der Waals surface area contributed by atoms with Gasteiger partial charge in [-0.25, -0.2) is 13.8 Å². The zero-order chi connectivity index (χ0) is 18.1. The standard InChI is InChI=1S/C17H15F2N3O2S/c1-22(2)7-6-20-11-8-12(23)16-14(15(11)24)21-17(25-16)13-9(18)4-3-5-10(13)19/h3-5H,6-8H2,1-2H3. The number of ketones is 2. The molecule has 2 aromatic rings. The van der Waals surface area contributed by atoms with Crippen molar-refractivity contribution in [3.63, 3.8) is 0 Å². The van der Waals surface area contributed by atoms with Crippen LogP contribution in [0.3, 0.4) is 0 Å². The van der Waals surface area contributed by atoms with Crippen LogP contribution in [0.25, 0.3) is 10.6 Å². The largest absolute Gasteiger partial charge is 0.308 e. The average molecular weight is 363 g/mol. The van der Waals surface area contributed by atoms with E-state index in [9.17, 15) is 18.4 Å². The van der Waals surface area contributed by atoms with Crippen molar-refractivity contribution in [1.82, 2.24) is 9.88 Å². The highest BCUT2D eigenvalue weighted by molar-refractivity contribution is 7.17. The second kappa shape index (κ2) is 6.89. The average Bonchev–Trinajstić information content (AvgIpc) is 2.97. The monoisotopic (exact) mass is 363 g/mol. The summed E-state index contributed by atoms with van der Waals surface area (Å²) < 4.78 is 27.9. The molecule has 0 saturated carbocycles. The van der Waals surface area contributed by atoms with E-state index in [1.54, 1.807) is 0 Å². The summed E-state index contributed by atoms with van der Waals surface area (Å²) >= 11 is 0.835. The molecule has 8 heteroatoms. The van der Waals surface area contributed by atoms with Crippen LogP contribution in [0.4, 0.5) is 8.78 Å². The molecule has 25 heavy (non-hydrogen) atoms. The smallest absolute Gasteiger partial charge is 0.227 e. The zero-order valence-electron chi connectivity index (χ0n) is 13.7. The molecule has 130 valence electrons. The Balaban J connectivity index is 1.98. The highest BCUT2D eigenvalue weighted by atomic mass is 32.1. The van der Waals surface area contributed by atoms with Crippen molar-refractivity contribution >= 4 is 28.6 Å². The van der Waals surface area contributed by atoms with Gasteiger partial charge >= 0.3 is 0 Å². The number of likely N-dealkylation sites (N-methyl/N-ethyl adjacent to an activating group) is 1. The van der Waals surface area contributed by atoms with Crippen LogP contribution in [-0.2, 0) is 0 Å². The lowest BCUT2D eigenvalue weighted by atomic mass is 9.98. The van der Waals surface area contributed by atoms with Gasteiger partial charge in [-0.1, -0.05) is 6.07 Å². The number of thiazole rings is 1. The minimum atomic E-state index is -0.786. The number of benzene rings is 1. The van der Waals surface area contributed by atoms with Gasteiger partial charge in [0.15, 0.2) is 5.78 Å². The Morgan fingerprint density at radius 1 is 1.24 bits per heavy atom. The van der Waals surface area contributed by atoms with Gasteiger partial charge in [-0.15, -0.1) is 11.3 Å². The number of aliphatic imine (C=N–C) groups is 1. The second-order valence-corrected chi connectivity index (χ2v) is 6.85. The molecule has 3 rings (SSSR count). The predicted octanol–water partition coefficient (Wildman–Crippen LogP) is 2.86. The van der Waals surface area contributed by atoms with Gasteiger partial charge < -0.3 is 4.90 Å². The summed E-state index contributed by atoms with van der Waals surface area (Å²) in [4.78, 5) is 35.1. The Morgan fingerprint density at radius 3 is 2.56 bits per heavy atom. The number of nitrogens with zero attached hydrogens (tertiary/aromatic N) is 3. The van der Waals surface area contributed by atoms with Crippen molar-refractivity contribution in [2.75, 3.05) is 27.2 Å². The van der Waals surface area contributed by atoms with E-state index in [0.717, 1.165) is 23.5 Å². The minimum Gasteiger partial charge on any atom is -0.308 e. The van der Waals surface area contributed by atoms with E-state index in [1.807, 2.05) is 19.0 Å². The van der Waals surface area contributed by atoms with Crippen LogP contribution in [0.15, 0.2) is 23.2 Å². The second-order valence-electron chi connectivity index (χ2n) is 5.85. The van der Waals surface area contributed by atoms with Gasteiger partial charge in [-0.05, 0) is 26.2 Å². The fourth-order valence-electron chi connectivity index (χ4n) is 2.43. The van der Waals surface area contributed by atoms with Gasteiger partial charge in [0.25, 0.3) is 0 Å². The van der Waals surface area contributed by atoms with E-state index < -0.39 is 17.4 Å². The number of carbonyl (C=O) groups excluding carboxylic acids is 2. The quantitative estimate of drug-likeness (QED) is 0.838. The number of aromatic nitrogens is 1. The summed E-state index contributed by atoms with van der Waals surface area (Å²) in [5.74, 6) is -2.33. The third-order valence-electron chi connectivity index (χ3n) is 3.71. The SMILES string of the molecule is CN(C)CCN=C1CC(=O)c2sc(-c3c(F)cccc3F)nc2C1=O. The van der Waals surface area contributed by atoms with Gasteiger partial charge in [0, 0.05) is 6.54 Å². The molecule has 0 saturated heterocycles. The molecule has 0 unspecified atom stereocenters. The highest BCUT2D eigenvalue weighted by Crippen LogP contribution is 2.34. The van der Waals surface area contributed by atoms with Gasteiger partial charge in [0.05, 0.1) is 24.2 Å². The van der Waals surface area contributed by atoms with E-state index in [0.29, 0.717) is 13.1 Å². The number of Topliss-reactive ketones (excluding diaryl/α,β-unsaturated/α-hetero) is 2. The maximum Gasteiger partial charge on any atom is 0.227 e. The van der Waals surface area contributed by atoms with Gasteiger partial charge in [0.2, 0.25) is 5.78 Å². The summed E-state index contributed by atoms with van der Waals surface area (Å²) in [5.41, 5.74) is -0.249. The molecule has 1 aliphatic rings. The zero-order valence-corrected chi connectivity index (χ0v) is 14.5. The Kier molecular flexibility index (Phi) is 4.82. The van der Waals surface area contributed by atoms with E-state index in [1.165, 1.54) is 6.07 Å². The molecular formula is C17H15F2N3O2S. The first-order valence-electron chi connectivity index (χ1n) is 7.59. The Labute approximate surface area is 147 Å². The van der Waals surface area contributed by atoms with Crippen molar-refractivity contribution in [3.05, 3.63) is 40.4 Å². The van der Waals surface area contributed by atoms with Crippen LogP contribution in [-0.4, -0.2) is 54.3 Å². The fraction of sp³-hybridized carbons (Fsp3) is 0.294. The number of fused-ring (bicyclic) bond motifs is 1. The molecule has 0 atom stereocenters. The first-order chi connectivity index (χ1) is 11.9. The molecule has 0 N–H and O–H groups in total. The number of rotatable bonds is 4. The van der Waals surface area contributed by atoms with Gasteiger partial charge in [-0.2, -0.15) is 0 Å². The van der Waals surface area contributed by atoms with Crippen molar-refractivity contribution in [3.8, 4) is 10.6 Å². The predicted molar refractivity (Wildman–Crippen MR) is 91.6 cm³/mol. The number of hydrogen-bond acceptors (Lipinski definition) is 6. The Hall–Kier alpha value is -2.32. The molecule has 0 radical (unpaired) electrons. The van der Waals surface area contributed by atoms with Gasteiger partial charge in [-0.3, -0.25) is 14.6 Å². The number of carbonyl (C=O) groups is 2. The van der Waals surface area contributed by atoms with Crippen LogP contribution < -0.4 is 0 Å². The van der Waals surface area contributed by atoms with Crippen LogP contribution in [0, 0.1) is 11.6 Å². The summed E-state index contributed by atoms with van der Waals surface area (Å²) in [6, 6.07) is 3.46. The summed E-state index contributed by atoms with van der Waals surface area (Å²) in [6.07, 6.45) is -0.110. The number of hydrogen-bond donors (Lipinski definition) is 0. The van der Waals surface area contributed by atoms with Crippen LogP contribution >= 0.6 is 11.3 Å². The third-order valence-corrected chi connectivity index (χ3v) is 4.83. The van der Waals surface area contributed by atoms with Crippen LogP contribution in [0.1, 0.15) is 26.6 Å².